The van der Waals surface area contributed by atoms with E-state index in [1.54, 1.807) is 21.0 Å². The van der Waals surface area contributed by atoms with Crippen LogP contribution in [-0.2, 0) is 14.3 Å². The van der Waals surface area contributed by atoms with E-state index in [9.17, 15) is 9.59 Å². The molecule has 0 spiro atoms. The van der Waals surface area contributed by atoms with Crippen LogP contribution in [0.4, 0.5) is 0 Å². The topological polar surface area (TPSA) is 84.7 Å². The van der Waals surface area contributed by atoms with E-state index >= 15 is 0 Å². The van der Waals surface area contributed by atoms with Crippen molar-refractivity contribution in [3.8, 4) is 0 Å². The predicted molar refractivity (Wildman–Crippen MR) is 60.7 cm³/mol. The van der Waals surface area contributed by atoms with E-state index in [2.05, 4.69) is 5.32 Å². The third-order valence-electron chi connectivity index (χ3n) is 2.39. The highest BCUT2D eigenvalue weighted by Gasteiger charge is 2.23. The van der Waals surface area contributed by atoms with Crippen LogP contribution in [-0.4, -0.2) is 57.1 Å². The summed E-state index contributed by atoms with van der Waals surface area (Å²) in [4.78, 5) is 24.5. The summed E-state index contributed by atoms with van der Waals surface area (Å²) in [6.45, 7) is 2.24. The number of carbonyl (C=O) groups excluding carboxylic acids is 2. The van der Waals surface area contributed by atoms with Crippen molar-refractivity contribution >= 4 is 11.8 Å². The van der Waals surface area contributed by atoms with E-state index in [1.807, 2.05) is 0 Å². The van der Waals surface area contributed by atoms with Gasteiger partial charge in [-0.3, -0.25) is 9.59 Å². The van der Waals surface area contributed by atoms with Gasteiger partial charge in [-0.15, -0.1) is 0 Å². The first kappa shape index (κ1) is 14.9. The lowest BCUT2D eigenvalue weighted by Gasteiger charge is -2.24. The van der Waals surface area contributed by atoms with Crippen molar-refractivity contribution in [3.05, 3.63) is 0 Å². The molecule has 0 aromatic rings. The van der Waals surface area contributed by atoms with Gasteiger partial charge in [-0.25, -0.2) is 0 Å². The average molecular weight is 231 g/mol. The minimum absolute atomic E-state index is 0.0960. The number of nitrogens with two attached hydrogens (primary N) is 1. The Labute approximate surface area is 96.1 Å². The second-order valence-electron chi connectivity index (χ2n) is 3.69. The molecule has 0 aliphatic carbocycles. The Hall–Kier alpha value is -1.14. The summed E-state index contributed by atoms with van der Waals surface area (Å²) in [5.74, 6) is -0.559. The zero-order chi connectivity index (χ0) is 12.7. The Morgan fingerprint density at radius 1 is 1.50 bits per heavy atom. The Morgan fingerprint density at radius 2 is 2.06 bits per heavy atom. The molecule has 0 bridgehead atoms. The summed E-state index contributed by atoms with van der Waals surface area (Å²) in [5, 5.41) is 2.53. The van der Waals surface area contributed by atoms with Gasteiger partial charge in [-0.1, -0.05) is 6.92 Å². The second-order valence-corrected chi connectivity index (χ2v) is 3.69. The van der Waals surface area contributed by atoms with Crippen molar-refractivity contribution < 1.29 is 14.3 Å². The Kier molecular flexibility index (Phi) is 6.67. The number of nitrogens with zero attached hydrogens (tertiary/aromatic N) is 1. The van der Waals surface area contributed by atoms with Crippen molar-refractivity contribution in [1.82, 2.24) is 10.2 Å². The number of ether oxygens (including phenoxy) is 1. The lowest BCUT2D eigenvalue weighted by molar-refractivity contribution is -0.141. The van der Waals surface area contributed by atoms with E-state index in [0.717, 1.165) is 0 Å². The van der Waals surface area contributed by atoms with E-state index in [4.69, 9.17) is 10.5 Å². The van der Waals surface area contributed by atoms with E-state index in [0.29, 0.717) is 6.54 Å². The minimum atomic E-state index is -0.637. The molecule has 2 atom stereocenters. The average Bonchev–Trinajstić information content (AvgIpc) is 2.29. The number of nitrogens with one attached hydrogen (secondary N) is 1. The van der Waals surface area contributed by atoms with Crippen LogP contribution in [0.5, 0.6) is 0 Å². The molecular weight excluding hydrogens is 210 g/mol. The molecule has 0 aliphatic heterocycles. The number of rotatable bonds is 6. The standard InChI is InChI=1S/C10H21N3O3/c1-7(9(14)12-2)6-13(3)10(15)8(5-11)16-4/h7-8H,5-6,11H2,1-4H3,(H,12,14). The third kappa shape index (κ3) is 4.16. The number of carbonyl (C=O) groups is 2. The third-order valence-corrected chi connectivity index (χ3v) is 2.39. The van der Waals surface area contributed by atoms with Gasteiger partial charge in [-0.2, -0.15) is 0 Å². The monoisotopic (exact) mass is 231 g/mol. The quantitative estimate of drug-likeness (QED) is 0.601. The Morgan fingerprint density at radius 3 is 2.44 bits per heavy atom. The minimum Gasteiger partial charge on any atom is -0.370 e. The molecule has 16 heavy (non-hydrogen) atoms. The fourth-order valence-corrected chi connectivity index (χ4v) is 1.37. The summed E-state index contributed by atoms with van der Waals surface area (Å²) in [6.07, 6.45) is -0.637. The van der Waals surface area contributed by atoms with E-state index in [1.165, 1.54) is 12.0 Å². The first-order valence-electron chi connectivity index (χ1n) is 5.17. The van der Waals surface area contributed by atoms with Crippen molar-refractivity contribution in [1.29, 1.82) is 0 Å². The zero-order valence-corrected chi connectivity index (χ0v) is 10.3. The molecule has 0 rings (SSSR count). The van der Waals surface area contributed by atoms with Crippen LogP contribution in [0, 0.1) is 5.92 Å². The van der Waals surface area contributed by atoms with Gasteiger partial charge < -0.3 is 20.7 Å². The molecule has 0 saturated carbocycles. The maximum absolute atomic E-state index is 11.7. The van der Waals surface area contributed by atoms with Gasteiger partial charge >= 0.3 is 0 Å². The van der Waals surface area contributed by atoms with Gasteiger partial charge in [0, 0.05) is 34.3 Å². The van der Waals surface area contributed by atoms with Gasteiger partial charge in [0.05, 0.1) is 5.92 Å². The molecule has 2 unspecified atom stereocenters. The predicted octanol–water partition coefficient (Wildman–Crippen LogP) is -1.20. The number of amides is 2. The molecule has 0 aliphatic rings. The van der Waals surface area contributed by atoms with Crippen molar-refractivity contribution in [2.24, 2.45) is 11.7 Å². The maximum atomic E-state index is 11.7. The summed E-state index contributed by atoms with van der Waals surface area (Å²) < 4.78 is 4.93. The number of likely N-dealkylation sites (N-methyl/N-ethyl adjacent to an activating group) is 1. The fourth-order valence-electron chi connectivity index (χ4n) is 1.37. The molecular formula is C10H21N3O3. The fraction of sp³-hybridized carbons (Fsp3) is 0.800. The SMILES string of the molecule is CNC(=O)C(C)CN(C)C(=O)C(CN)OC. The summed E-state index contributed by atoms with van der Waals surface area (Å²) in [7, 11) is 4.63. The van der Waals surface area contributed by atoms with Gasteiger partial charge in [-0.05, 0) is 0 Å². The number of hydrogen-bond acceptors (Lipinski definition) is 4. The summed E-state index contributed by atoms with van der Waals surface area (Å²) >= 11 is 0. The van der Waals surface area contributed by atoms with Crippen molar-refractivity contribution in [2.75, 3.05) is 34.3 Å². The molecule has 0 saturated heterocycles. The van der Waals surface area contributed by atoms with Crippen LogP contribution in [0.3, 0.4) is 0 Å². The molecule has 0 radical (unpaired) electrons. The largest absolute Gasteiger partial charge is 0.370 e. The lowest BCUT2D eigenvalue weighted by Crippen LogP contribution is -2.45. The normalized spacial score (nSPS) is 14.1. The van der Waals surface area contributed by atoms with E-state index < -0.39 is 6.10 Å². The molecule has 0 fully saturated rings. The Bertz CT molecular complexity index is 241. The molecule has 6 nitrogen and oxygen atoms in total. The molecule has 3 N–H and O–H groups in total. The van der Waals surface area contributed by atoms with Gasteiger partial charge in [0.25, 0.3) is 5.91 Å². The summed E-state index contributed by atoms with van der Waals surface area (Å²) in [5.41, 5.74) is 5.39. The molecule has 6 heteroatoms. The van der Waals surface area contributed by atoms with Crippen LogP contribution >= 0.6 is 0 Å². The van der Waals surface area contributed by atoms with Crippen molar-refractivity contribution in [2.45, 2.75) is 13.0 Å². The Balaban J connectivity index is 4.29. The van der Waals surface area contributed by atoms with Crippen LogP contribution in [0.25, 0.3) is 0 Å². The van der Waals surface area contributed by atoms with Crippen molar-refractivity contribution in [3.63, 3.8) is 0 Å². The highest BCUT2D eigenvalue weighted by Crippen LogP contribution is 2.01. The van der Waals surface area contributed by atoms with Crippen LogP contribution < -0.4 is 11.1 Å². The van der Waals surface area contributed by atoms with Crippen LogP contribution in [0.2, 0.25) is 0 Å². The molecule has 94 valence electrons. The van der Waals surface area contributed by atoms with Gasteiger partial charge in [0.2, 0.25) is 5.91 Å². The van der Waals surface area contributed by atoms with E-state index in [-0.39, 0.29) is 24.3 Å². The molecule has 0 aromatic heterocycles. The first-order chi connectivity index (χ1) is 7.47. The molecule has 2 amide bonds. The van der Waals surface area contributed by atoms with Gasteiger partial charge in [0.1, 0.15) is 6.10 Å². The highest BCUT2D eigenvalue weighted by atomic mass is 16.5. The van der Waals surface area contributed by atoms with Gasteiger partial charge in [0.15, 0.2) is 0 Å². The maximum Gasteiger partial charge on any atom is 0.252 e. The summed E-state index contributed by atoms with van der Waals surface area (Å²) in [6, 6.07) is 0. The highest BCUT2D eigenvalue weighted by molar-refractivity contribution is 5.82. The smallest absolute Gasteiger partial charge is 0.252 e. The second kappa shape index (κ2) is 7.19. The zero-order valence-electron chi connectivity index (χ0n) is 10.3. The number of hydrogen-bond donors (Lipinski definition) is 2. The first-order valence-corrected chi connectivity index (χ1v) is 5.17. The van der Waals surface area contributed by atoms with Crippen LogP contribution in [0.15, 0.2) is 0 Å². The molecule has 0 heterocycles. The molecule has 0 aromatic carbocycles. The van der Waals surface area contributed by atoms with Crippen LogP contribution in [0.1, 0.15) is 6.92 Å². The number of methoxy groups -OCH3 is 1. The lowest BCUT2D eigenvalue weighted by atomic mass is 10.1.